The highest BCUT2D eigenvalue weighted by molar-refractivity contribution is 9.11. The number of carbonyl (C=O) groups excluding carboxylic acids is 2. The molecule has 12 heteroatoms. The number of nitrogens with two attached hydrogens (primary N) is 1. The maximum atomic E-state index is 12.5. The van der Waals surface area contributed by atoms with Gasteiger partial charge < -0.3 is 30.6 Å². The number of aromatic nitrogens is 1. The van der Waals surface area contributed by atoms with E-state index in [1.165, 1.54) is 29.5 Å². The van der Waals surface area contributed by atoms with Crippen LogP contribution in [0.1, 0.15) is 20.8 Å². The van der Waals surface area contributed by atoms with Crippen molar-refractivity contribution in [2.75, 3.05) is 12.1 Å². The minimum Gasteiger partial charge on any atom is -0.454 e. The summed E-state index contributed by atoms with van der Waals surface area (Å²) in [6, 6.07) is 7.61. The normalized spacial score (nSPS) is 12.0. The Kier molecular flexibility index (Phi) is 5.47. The van der Waals surface area contributed by atoms with E-state index >= 15 is 0 Å². The summed E-state index contributed by atoms with van der Waals surface area (Å²) >= 11 is 4.44. The van der Waals surface area contributed by atoms with E-state index in [-0.39, 0.29) is 29.2 Å². The Labute approximate surface area is 182 Å². The molecule has 0 saturated carbocycles. The summed E-state index contributed by atoms with van der Waals surface area (Å²) in [6.07, 6.45) is 0. The number of nitrogens with one attached hydrogen (secondary N) is 1. The topological polar surface area (TPSA) is 144 Å². The molecule has 152 valence electrons. The largest absolute Gasteiger partial charge is 0.489 e. The van der Waals surface area contributed by atoms with E-state index in [1.54, 1.807) is 17.5 Å². The first-order valence-electron chi connectivity index (χ1n) is 8.50. The third-order valence-electron chi connectivity index (χ3n) is 4.38. The molecule has 4 rings (SSSR count). The van der Waals surface area contributed by atoms with E-state index in [4.69, 9.17) is 15.2 Å². The van der Waals surface area contributed by atoms with Gasteiger partial charge >= 0.3 is 7.12 Å². The van der Waals surface area contributed by atoms with Gasteiger partial charge in [0.1, 0.15) is 5.69 Å². The van der Waals surface area contributed by atoms with Crippen LogP contribution < -0.4 is 26.0 Å². The SMILES string of the molecule is NC(=O)c1ccc(-c2cc3c(cc2B(O)O)OCO3)cc1NC(=O)c1csc(Br)n1. The fourth-order valence-corrected chi connectivity index (χ4v) is 3.98. The number of amides is 2. The van der Waals surface area contributed by atoms with Crippen LogP contribution in [-0.2, 0) is 0 Å². The molecule has 1 aliphatic heterocycles. The van der Waals surface area contributed by atoms with Gasteiger partial charge in [-0.2, -0.15) is 0 Å². The zero-order valence-electron chi connectivity index (χ0n) is 15.1. The van der Waals surface area contributed by atoms with Crippen molar-refractivity contribution < 1.29 is 29.1 Å². The molecule has 2 heterocycles. The number of hydrogen-bond acceptors (Lipinski definition) is 8. The molecular weight excluding hydrogens is 477 g/mol. The zero-order chi connectivity index (χ0) is 21.4. The molecule has 0 atom stereocenters. The summed E-state index contributed by atoms with van der Waals surface area (Å²) in [5, 5.41) is 23.8. The lowest BCUT2D eigenvalue weighted by molar-refractivity contribution is 0.100. The van der Waals surface area contributed by atoms with Crippen molar-refractivity contribution in [3.63, 3.8) is 0 Å². The quantitative estimate of drug-likeness (QED) is 0.395. The second-order valence-electron chi connectivity index (χ2n) is 6.23. The molecule has 1 aliphatic rings. The smallest absolute Gasteiger partial charge is 0.454 e. The molecule has 9 nitrogen and oxygen atoms in total. The zero-order valence-corrected chi connectivity index (χ0v) is 17.5. The summed E-state index contributed by atoms with van der Waals surface area (Å²) < 4.78 is 11.2. The minimum atomic E-state index is -1.78. The Morgan fingerprint density at radius 2 is 1.93 bits per heavy atom. The van der Waals surface area contributed by atoms with Gasteiger partial charge in [0, 0.05) is 5.38 Å². The van der Waals surface area contributed by atoms with Crippen LogP contribution in [0.25, 0.3) is 11.1 Å². The third-order valence-corrected chi connectivity index (χ3v) is 5.74. The average molecular weight is 490 g/mol. The Hall–Kier alpha value is -2.93. The van der Waals surface area contributed by atoms with E-state index in [9.17, 15) is 19.6 Å². The van der Waals surface area contributed by atoms with Gasteiger partial charge in [-0.15, -0.1) is 11.3 Å². The Morgan fingerprint density at radius 3 is 2.57 bits per heavy atom. The second-order valence-corrected chi connectivity index (χ2v) is 8.36. The molecule has 0 saturated heterocycles. The number of fused-ring (bicyclic) bond motifs is 1. The van der Waals surface area contributed by atoms with E-state index in [1.807, 2.05) is 0 Å². The molecule has 1 aromatic heterocycles. The Balaban J connectivity index is 1.78. The summed E-state index contributed by atoms with van der Waals surface area (Å²) in [6.45, 7) is 0.0187. The van der Waals surface area contributed by atoms with Crippen LogP contribution >= 0.6 is 27.3 Å². The Bertz CT molecular complexity index is 1170. The molecule has 2 amide bonds. The van der Waals surface area contributed by atoms with Crippen LogP contribution in [0.3, 0.4) is 0 Å². The first-order valence-corrected chi connectivity index (χ1v) is 10.2. The monoisotopic (exact) mass is 489 g/mol. The van der Waals surface area contributed by atoms with Gasteiger partial charge in [-0.3, -0.25) is 9.59 Å². The van der Waals surface area contributed by atoms with Crippen molar-refractivity contribution in [3.05, 3.63) is 50.9 Å². The number of hydrogen-bond donors (Lipinski definition) is 4. The van der Waals surface area contributed by atoms with Gasteiger partial charge in [-0.25, -0.2) is 4.98 Å². The lowest BCUT2D eigenvalue weighted by atomic mass is 9.75. The predicted octanol–water partition coefficient (Wildman–Crippen LogP) is 1.33. The molecular formula is C18H13BBrN3O6S. The highest BCUT2D eigenvalue weighted by atomic mass is 79.9. The minimum absolute atomic E-state index is 0.0187. The van der Waals surface area contributed by atoms with Crippen LogP contribution in [0.2, 0.25) is 0 Å². The standard InChI is InChI=1S/C18H13BBrN3O6S/c20-18-23-13(6-30-18)17(25)22-12-3-8(1-2-9(12)16(21)24)10-4-14-15(29-7-28-14)5-11(10)19(26)27/h1-6,26-27H,7H2,(H2,21,24)(H,22,25). The van der Waals surface area contributed by atoms with Crippen molar-refractivity contribution in [3.8, 4) is 22.6 Å². The van der Waals surface area contributed by atoms with Gasteiger partial charge in [0.05, 0.1) is 11.3 Å². The number of primary amides is 1. The van der Waals surface area contributed by atoms with E-state index < -0.39 is 18.9 Å². The van der Waals surface area contributed by atoms with Crippen molar-refractivity contribution >= 4 is 57.3 Å². The van der Waals surface area contributed by atoms with Gasteiger partial charge in [0.2, 0.25) is 6.79 Å². The van der Waals surface area contributed by atoms with Crippen LogP contribution in [-0.4, -0.2) is 40.8 Å². The number of carbonyl (C=O) groups is 2. The van der Waals surface area contributed by atoms with Crippen LogP contribution in [0.15, 0.2) is 39.6 Å². The molecule has 0 fully saturated rings. The van der Waals surface area contributed by atoms with Crippen molar-refractivity contribution in [2.24, 2.45) is 5.73 Å². The van der Waals surface area contributed by atoms with Crippen molar-refractivity contribution in [1.29, 1.82) is 0 Å². The van der Waals surface area contributed by atoms with E-state index in [0.29, 0.717) is 26.5 Å². The summed E-state index contributed by atoms with van der Waals surface area (Å²) in [7, 11) is -1.78. The molecule has 0 bridgehead atoms. The van der Waals surface area contributed by atoms with Gasteiger partial charge in [-0.1, -0.05) is 6.07 Å². The number of rotatable bonds is 5. The number of anilines is 1. The Morgan fingerprint density at radius 1 is 1.20 bits per heavy atom. The maximum absolute atomic E-state index is 12.5. The van der Waals surface area contributed by atoms with Gasteiger partial charge in [0.25, 0.3) is 11.8 Å². The maximum Gasteiger partial charge on any atom is 0.489 e. The van der Waals surface area contributed by atoms with Crippen molar-refractivity contribution in [1.82, 2.24) is 4.98 Å². The first-order chi connectivity index (χ1) is 14.3. The van der Waals surface area contributed by atoms with E-state index in [0.717, 1.165) is 0 Å². The fourth-order valence-electron chi connectivity index (χ4n) is 2.99. The first kappa shape index (κ1) is 20.4. The lowest BCUT2D eigenvalue weighted by Crippen LogP contribution is -2.31. The average Bonchev–Trinajstić information content (AvgIpc) is 3.34. The van der Waals surface area contributed by atoms with E-state index in [2.05, 4.69) is 26.2 Å². The highest BCUT2D eigenvalue weighted by Crippen LogP contribution is 2.36. The molecule has 0 aliphatic carbocycles. The highest BCUT2D eigenvalue weighted by Gasteiger charge is 2.25. The summed E-state index contributed by atoms with van der Waals surface area (Å²) in [5.74, 6) is -0.432. The summed E-state index contributed by atoms with van der Waals surface area (Å²) in [5.41, 5.74) is 6.96. The number of ether oxygens (including phenoxy) is 2. The molecule has 0 spiro atoms. The fraction of sp³-hybridized carbons (Fsp3) is 0.0556. The summed E-state index contributed by atoms with van der Waals surface area (Å²) in [4.78, 5) is 28.4. The molecule has 3 aromatic rings. The molecule has 5 N–H and O–H groups in total. The van der Waals surface area contributed by atoms with Crippen LogP contribution in [0, 0.1) is 0 Å². The molecule has 30 heavy (non-hydrogen) atoms. The van der Waals surface area contributed by atoms with Crippen LogP contribution in [0.4, 0.5) is 5.69 Å². The molecule has 0 radical (unpaired) electrons. The third kappa shape index (κ3) is 3.90. The number of benzene rings is 2. The van der Waals surface area contributed by atoms with Gasteiger partial charge in [0.15, 0.2) is 15.4 Å². The molecule has 0 unspecified atom stereocenters. The number of nitrogens with zero attached hydrogens (tertiary/aromatic N) is 1. The number of halogens is 1. The lowest BCUT2D eigenvalue weighted by Gasteiger charge is -2.14. The van der Waals surface area contributed by atoms with Gasteiger partial charge in [-0.05, 0) is 56.8 Å². The second kappa shape index (κ2) is 8.07. The molecule has 2 aromatic carbocycles. The van der Waals surface area contributed by atoms with Crippen molar-refractivity contribution in [2.45, 2.75) is 0 Å². The predicted molar refractivity (Wildman–Crippen MR) is 114 cm³/mol. The number of thiazole rings is 1. The van der Waals surface area contributed by atoms with Crippen LogP contribution in [0.5, 0.6) is 11.5 Å².